The molecule has 128 valence electrons. The summed E-state index contributed by atoms with van der Waals surface area (Å²) in [6, 6.07) is 0. The van der Waals surface area contributed by atoms with E-state index in [1.54, 1.807) is 6.92 Å². The van der Waals surface area contributed by atoms with Crippen molar-refractivity contribution in [1.82, 2.24) is 0 Å². The second kappa shape index (κ2) is 6.83. The zero-order valence-electron chi connectivity index (χ0n) is 15.4. The maximum atomic E-state index is 12.3. The number of hydrogen-bond acceptors (Lipinski definition) is 4. The smallest absolute Gasteiger partial charge is 0.316 e. The van der Waals surface area contributed by atoms with Gasteiger partial charge in [-0.3, -0.25) is 9.59 Å². The Kier molecular flexibility index (Phi) is 6.01. The molecule has 4 nitrogen and oxygen atoms in total. The topological polar surface area (TPSA) is 52.6 Å². The molecular weight excluding hydrogens is 296 g/mol. The fraction of sp³-hybridized carbons (Fsp3) is 0.882. The predicted octanol–water partition coefficient (Wildman–Crippen LogP) is 3.94. The number of carbonyl (C=O) groups excluding carboxylic acids is 2. The summed E-state index contributed by atoms with van der Waals surface area (Å²) < 4.78 is 12.0. The molecule has 22 heavy (non-hydrogen) atoms. The van der Waals surface area contributed by atoms with Crippen LogP contribution in [0.1, 0.15) is 54.4 Å². The largest absolute Gasteiger partial charge is 0.461 e. The van der Waals surface area contributed by atoms with Crippen molar-refractivity contribution in [2.75, 3.05) is 0 Å². The minimum atomic E-state index is -1.98. The lowest BCUT2D eigenvalue weighted by atomic mass is 9.88. The average molecular weight is 329 g/mol. The van der Waals surface area contributed by atoms with Gasteiger partial charge >= 0.3 is 5.97 Å². The van der Waals surface area contributed by atoms with E-state index in [9.17, 15) is 9.59 Å². The summed E-state index contributed by atoms with van der Waals surface area (Å²) in [6.07, 6.45) is 0.692. The molecule has 1 rings (SSSR count). The van der Waals surface area contributed by atoms with Crippen LogP contribution in [0.15, 0.2) is 0 Å². The highest BCUT2D eigenvalue weighted by Crippen LogP contribution is 2.39. The Bertz CT molecular complexity index is 425. The van der Waals surface area contributed by atoms with E-state index in [1.807, 2.05) is 13.8 Å². The van der Waals surface area contributed by atoms with E-state index in [-0.39, 0.29) is 28.9 Å². The standard InChI is InChI=1S/C17H32O4Si/c1-9-14-12(3)15(21-22(7,8)17(4,5)6)10-13(18)11(2)16(19)20-14/h11-12,14-15H,9-10H2,1-8H3/t11?,12-,14+,15-/m0/s1. The molecule has 1 unspecified atom stereocenters. The van der Waals surface area contributed by atoms with Gasteiger partial charge in [-0.2, -0.15) is 0 Å². The van der Waals surface area contributed by atoms with E-state index < -0.39 is 20.2 Å². The molecule has 0 aromatic carbocycles. The molecule has 1 heterocycles. The molecule has 0 bridgehead atoms. The molecule has 0 saturated carbocycles. The van der Waals surface area contributed by atoms with Crippen molar-refractivity contribution in [3.8, 4) is 0 Å². The maximum Gasteiger partial charge on any atom is 0.316 e. The van der Waals surface area contributed by atoms with E-state index in [0.717, 1.165) is 6.42 Å². The molecule has 0 N–H and O–H groups in total. The zero-order chi connectivity index (χ0) is 17.3. The minimum Gasteiger partial charge on any atom is -0.461 e. The first kappa shape index (κ1) is 19.4. The van der Waals surface area contributed by atoms with E-state index >= 15 is 0 Å². The minimum absolute atomic E-state index is 0.0273. The molecule has 0 radical (unpaired) electrons. The molecule has 0 amide bonds. The first-order valence-corrected chi connectivity index (χ1v) is 11.2. The number of cyclic esters (lactones) is 1. The molecule has 4 atom stereocenters. The number of hydrogen-bond donors (Lipinski definition) is 0. The zero-order valence-corrected chi connectivity index (χ0v) is 16.4. The number of esters is 1. The Hall–Kier alpha value is -0.683. The average Bonchev–Trinajstić information content (AvgIpc) is 2.39. The molecule has 0 aliphatic carbocycles. The number of ketones is 1. The Morgan fingerprint density at radius 1 is 1.23 bits per heavy atom. The lowest BCUT2D eigenvalue weighted by Gasteiger charge is -2.43. The fourth-order valence-electron chi connectivity index (χ4n) is 2.45. The van der Waals surface area contributed by atoms with Crippen LogP contribution in [-0.4, -0.2) is 32.3 Å². The molecular formula is C17H32O4Si. The Labute approximate surface area is 136 Å². The molecule has 1 aliphatic rings. The molecule has 0 aromatic rings. The predicted molar refractivity (Wildman–Crippen MR) is 90.2 cm³/mol. The first-order valence-electron chi connectivity index (χ1n) is 8.31. The van der Waals surface area contributed by atoms with Gasteiger partial charge in [0.05, 0.1) is 6.10 Å². The van der Waals surface area contributed by atoms with Crippen molar-refractivity contribution in [1.29, 1.82) is 0 Å². The van der Waals surface area contributed by atoms with Gasteiger partial charge in [-0.25, -0.2) is 0 Å². The highest BCUT2D eigenvalue weighted by Gasteiger charge is 2.44. The van der Waals surface area contributed by atoms with Crippen molar-refractivity contribution in [3.05, 3.63) is 0 Å². The van der Waals surface area contributed by atoms with Gasteiger partial charge in [-0.15, -0.1) is 0 Å². The number of rotatable bonds is 3. The Morgan fingerprint density at radius 2 is 1.77 bits per heavy atom. The van der Waals surface area contributed by atoms with Gasteiger partial charge in [0.1, 0.15) is 17.8 Å². The Balaban J connectivity index is 3.04. The van der Waals surface area contributed by atoms with Crippen LogP contribution in [0.2, 0.25) is 18.1 Å². The van der Waals surface area contributed by atoms with Gasteiger partial charge in [0.15, 0.2) is 8.32 Å². The third-order valence-electron chi connectivity index (χ3n) is 5.33. The normalized spacial score (nSPS) is 31.5. The van der Waals surface area contributed by atoms with Crippen LogP contribution in [0.5, 0.6) is 0 Å². The summed E-state index contributed by atoms with van der Waals surface area (Å²) in [5, 5.41) is 0.0855. The van der Waals surface area contributed by atoms with Crippen molar-refractivity contribution in [2.24, 2.45) is 11.8 Å². The van der Waals surface area contributed by atoms with Gasteiger partial charge in [0, 0.05) is 12.3 Å². The lowest BCUT2D eigenvalue weighted by Crippen LogP contribution is -2.50. The number of carbonyl (C=O) groups is 2. The van der Waals surface area contributed by atoms with Gasteiger partial charge in [-0.1, -0.05) is 34.6 Å². The number of Topliss-reactive ketones (excluding diaryl/α,β-unsaturated/α-hetero) is 1. The van der Waals surface area contributed by atoms with E-state index in [4.69, 9.17) is 9.16 Å². The SMILES string of the molecule is CC[C@H]1OC(=O)C(C)C(=O)C[C@H](O[Si](C)(C)C(C)(C)C)[C@H]1C. The third-order valence-corrected chi connectivity index (χ3v) is 9.84. The molecule has 0 spiro atoms. The second-order valence-corrected chi connectivity index (χ2v) is 12.8. The van der Waals surface area contributed by atoms with Gasteiger partial charge < -0.3 is 9.16 Å². The van der Waals surface area contributed by atoms with E-state index in [2.05, 4.69) is 33.9 Å². The molecule has 0 aromatic heterocycles. The lowest BCUT2D eigenvalue weighted by molar-refractivity contribution is -0.164. The van der Waals surface area contributed by atoms with Crippen molar-refractivity contribution < 1.29 is 18.8 Å². The van der Waals surface area contributed by atoms with Gasteiger partial charge in [0.2, 0.25) is 0 Å². The second-order valence-electron chi connectivity index (χ2n) is 8.05. The van der Waals surface area contributed by atoms with Crippen LogP contribution in [0.4, 0.5) is 0 Å². The number of ether oxygens (including phenoxy) is 1. The van der Waals surface area contributed by atoms with Crippen LogP contribution >= 0.6 is 0 Å². The summed E-state index contributed by atoms with van der Waals surface area (Å²) in [5.41, 5.74) is 0. The molecule has 1 saturated heterocycles. The van der Waals surface area contributed by atoms with E-state index in [1.165, 1.54) is 0 Å². The third kappa shape index (κ3) is 4.19. The van der Waals surface area contributed by atoms with Crippen molar-refractivity contribution >= 4 is 20.1 Å². The molecule has 1 fully saturated rings. The summed E-state index contributed by atoms with van der Waals surface area (Å²) in [7, 11) is -1.98. The summed E-state index contributed by atoms with van der Waals surface area (Å²) in [6.45, 7) is 16.6. The first-order chi connectivity index (χ1) is 9.90. The van der Waals surface area contributed by atoms with Crippen LogP contribution < -0.4 is 0 Å². The summed E-state index contributed by atoms with van der Waals surface area (Å²) in [5.74, 6) is -1.13. The summed E-state index contributed by atoms with van der Waals surface area (Å²) >= 11 is 0. The van der Waals surface area contributed by atoms with Gasteiger partial charge in [0.25, 0.3) is 0 Å². The maximum absolute atomic E-state index is 12.3. The van der Waals surface area contributed by atoms with Crippen molar-refractivity contribution in [3.63, 3.8) is 0 Å². The van der Waals surface area contributed by atoms with Gasteiger partial charge in [-0.05, 0) is 31.5 Å². The molecule has 5 heteroatoms. The summed E-state index contributed by atoms with van der Waals surface area (Å²) in [4.78, 5) is 24.3. The molecule has 1 aliphatic heterocycles. The van der Waals surface area contributed by atoms with Crippen LogP contribution in [-0.2, 0) is 18.8 Å². The quantitative estimate of drug-likeness (QED) is 0.447. The highest BCUT2D eigenvalue weighted by molar-refractivity contribution is 6.74. The van der Waals surface area contributed by atoms with E-state index in [0.29, 0.717) is 6.42 Å². The Morgan fingerprint density at radius 3 is 2.23 bits per heavy atom. The highest BCUT2D eigenvalue weighted by atomic mass is 28.4. The van der Waals surface area contributed by atoms with Crippen LogP contribution in [0, 0.1) is 11.8 Å². The van der Waals surface area contributed by atoms with Crippen LogP contribution in [0.25, 0.3) is 0 Å². The fourth-order valence-corrected chi connectivity index (χ4v) is 3.86. The van der Waals surface area contributed by atoms with Crippen LogP contribution in [0.3, 0.4) is 0 Å². The van der Waals surface area contributed by atoms with Crippen molar-refractivity contribution in [2.45, 2.75) is 84.7 Å². The monoisotopic (exact) mass is 328 g/mol.